The van der Waals surface area contributed by atoms with Crippen molar-refractivity contribution in [2.75, 3.05) is 0 Å². The summed E-state index contributed by atoms with van der Waals surface area (Å²) in [6.45, 7) is 10.9. The van der Waals surface area contributed by atoms with Gasteiger partial charge >= 0.3 is 7.12 Å². The van der Waals surface area contributed by atoms with Crippen LogP contribution >= 0.6 is 11.6 Å². The molecule has 4 rings (SSSR count). The number of rotatable bonds is 3. The number of carbonyl (C=O) groups excluding carboxylic acids is 1. The highest BCUT2D eigenvalue weighted by atomic mass is 35.5. The van der Waals surface area contributed by atoms with E-state index < -0.39 is 18.3 Å². The molecule has 1 atom stereocenters. The van der Waals surface area contributed by atoms with E-state index in [1.54, 1.807) is 0 Å². The Morgan fingerprint density at radius 1 is 1.20 bits per heavy atom. The van der Waals surface area contributed by atoms with Crippen molar-refractivity contribution in [2.24, 2.45) is 5.92 Å². The summed E-state index contributed by atoms with van der Waals surface area (Å²) in [5.74, 6) is 0.694. The van der Waals surface area contributed by atoms with Crippen molar-refractivity contribution in [3.63, 3.8) is 0 Å². The highest BCUT2D eigenvalue weighted by Gasteiger charge is 2.52. The first kappa shape index (κ1) is 17.4. The molecular weight excluding hydrogens is 336 g/mol. The largest absolute Gasteiger partial charge is 0.494 e. The minimum atomic E-state index is -0.460. The third-order valence-electron chi connectivity index (χ3n) is 6.33. The monoisotopic (exact) mass is 361 g/mol. The minimum Gasteiger partial charge on any atom is -0.399 e. The van der Waals surface area contributed by atoms with E-state index in [0.29, 0.717) is 23.0 Å². The Morgan fingerprint density at radius 3 is 2.36 bits per heavy atom. The molecule has 1 aliphatic carbocycles. The molecular formula is C19H25BClNO3. The molecule has 1 aromatic carbocycles. The summed E-state index contributed by atoms with van der Waals surface area (Å²) in [4.78, 5) is 14.8. The number of nitrogens with zero attached hydrogens (tertiary/aromatic N) is 1. The van der Waals surface area contributed by atoms with Gasteiger partial charge in [-0.1, -0.05) is 17.7 Å². The lowest BCUT2D eigenvalue weighted by Crippen LogP contribution is -2.41. The fourth-order valence-corrected chi connectivity index (χ4v) is 4.06. The van der Waals surface area contributed by atoms with Gasteiger partial charge in [0.1, 0.15) is 0 Å². The number of carbonyl (C=O) groups is 1. The molecule has 0 N–H and O–H groups in total. The molecule has 3 aliphatic rings. The third kappa shape index (κ3) is 2.72. The van der Waals surface area contributed by atoms with Crippen molar-refractivity contribution >= 4 is 30.1 Å². The van der Waals surface area contributed by atoms with Gasteiger partial charge in [-0.3, -0.25) is 4.79 Å². The molecule has 0 radical (unpaired) electrons. The Kier molecular flexibility index (Phi) is 3.81. The average Bonchev–Trinajstić information content (AvgIpc) is 3.25. The van der Waals surface area contributed by atoms with Gasteiger partial charge in [0.15, 0.2) is 0 Å². The number of fused-ring (bicyclic) bond motifs is 1. The second-order valence-electron chi connectivity index (χ2n) is 8.64. The van der Waals surface area contributed by atoms with Crippen molar-refractivity contribution in [1.82, 2.24) is 4.90 Å². The van der Waals surface area contributed by atoms with Crippen LogP contribution in [-0.4, -0.2) is 35.2 Å². The van der Waals surface area contributed by atoms with Crippen LogP contribution in [0.25, 0.3) is 0 Å². The number of amides is 1. The molecule has 25 heavy (non-hydrogen) atoms. The van der Waals surface area contributed by atoms with Gasteiger partial charge in [-0.2, -0.15) is 0 Å². The molecule has 1 amide bonds. The quantitative estimate of drug-likeness (QED) is 0.775. The first-order valence-corrected chi connectivity index (χ1v) is 9.47. The first-order valence-electron chi connectivity index (χ1n) is 9.09. The van der Waals surface area contributed by atoms with Crippen molar-refractivity contribution in [3.05, 3.63) is 28.3 Å². The van der Waals surface area contributed by atoms with Crippen molar-refractivity contribution in [3.8, 4) is 0 Å². The normalized spacial score (nSPS) is 25.4. The van der Waals surface area contributed by atoms with Crippen LogP contribution in [0.4, 0.5) is 0 Å². The molecule has 134 valence electrons. The Hall–Kier alpha value is -1.04. The summed E-state index contributed by atoms with van der Waals surface area (Å²) in [5, 5.41) is 0.498. The van der Waals surface area contributed by atoms with Crippen LogP contribution in [0.2, 0.25) is 5.02 Å². The van der Waals surface area contributed by atoms with Crippen LogP contribution in [-0.2, 0) is 15.9 Å². The maximum atomic E-state index is 12.8. The summed E-state index contributed by atoms with van der Waals surface area (Å²) in [5.41, 5.74) is 1.72. The van der Waals surface area contributed by atoms with Gasteiger partial charge in [-0.25, -0.2) is 0 Å². The summed E-state index contributed by atoms with van der Waals surface area (Å²) in [6.07, 6.45) is 2.43. The van der Waals surface area contributed by atoms with Gasteiger partial charge in [-0.15, -0.1) is 0 Å². The molecule has 1 saturated carbocycles. The van der Waals surface area contributed by atoms with Crippen LogP contribution in [0.15, 0.2) is 12.1 Å². The van der Waals surface area contributed by atoms with E-state index in [1.165, 1.54) is 12.8 Å². The highest BCUT2D eigenvalue weighted by molar-refractivity contribution is 6.62. The topological polar surface area (TPSA) is 38.8 Å². The summed E-state index contributed by atoms with van der Waals surface area (Å²) < 4.78 is 12.3. The molecule has 2 fully saturated rings. The Morgan fingerprint density at radius 2 is 1.80 bits per heavy atom. The third-order valence-corrected chi connectivity index (χ3v) is 6.63. The number of halogens is 1. The SMILES string of the molecule is C[C@@H](C1CC1)N1Cc2cc(B3OC(C)(C)C(C)(C)O3)cc(Cl)c2C1=O. The lowest BCUT2D eigenvalue weighted by Gasteiger charge is -2.32. The fraction of sp³-hybridized carbons (Fsp3) is 0.632. The van der Waals surface area contributed by atoms with E-state index in [1.807, 2.05) is 44.7 Å². The molecule has 0 unspecified atom stereocenters. The van der Waals surface area contributed by atoms with Crippen LogP contribution in [0.3, 0.4) is 0 Å². The van der Waals surface area contributed by atoms with E-state index in [0.717, 1.165) is 11.0 Å². The molecule has 1 aromatic rings. The van der Waals surface area contributed by atoms with Crippen LogP contribution in [0.1, 0.15) is 63.4 Å². The number of benzene rings is 1. The van der Waals surface area contributed by atoms with Gasteiger partial charge in [0.2, 0.25) is 0 Å². The van der Waals surface area contributed by atoms with Gasteiger partial charge < -0.3 is 14.2 Å². The van der Waals surface area contributed by atoms with E-state index in [2.05, 4.69) is 6.92 Å². The van der Waals surface area contributed by atoms with Gasteiger partial charge in [-0.05, 0) is 70.5 Å². The van der Waals surface area contributed by atoms with Crippen LogP contribution in [0.5, 0.6) is 0 Å². The van der Waals surface area contributed by atoms with Crippen LogP contribution in [0, 0.1) is 5.92 Å². The van der Waals surface area contributed by atoms with E-state index in [9.17, 15) is 4.79 Å². The Balaban J connectivity index is 1.64. The number of hydrogen-bond donors (Lipinski definition) is 0. The molecule has 4 nitrogen and oxygen atoms in total. The minimum absolute atomic E-state index is 0.0554. The first-order chi connectivity index (χ1) is 11.6. The zero-order valence-corrected chi connectivity index (χ0v) is 16.3. The second-order valence-corrected chi connectivity index (χ2v) is 9.04. The van der Waals surface area contributed by atoms with E-state index >= 15 is 0 Å². The molecule has 6 heteroatoms. The fourth-order valence-electron chi connectivity index (χ4n) is 3.73. The number of hydrogen-bond acceptors (Lipinski definition) is 3. The molecule has 0 aromatic heterocycles. The summed E-state index contributed by atoms with van der Waals surface area (Å²) in [6, 6.07) is 4.13. The predicted octanol–water partition coefficient (Wildman–Crippen LogP) is 3.39. The Labute approximate surface area is 155 Å². The lowest BCUT2D eigenvalue weighted by molar-refractivity contribution is 0.00578. The standard InChI is InChI=1S/C19H25BClNO3/c1-11(12-6-7-12)22-10-13-8-14(9-15(21)16(13)17(22)23)20-24-18(2,3)19(4,5)25-20/h8-9,11-12H,6-7,10H2,1-5H3/t11-/m0/s1. The zero-order chi connectivity index (χ0) is 18.1. The smallest absolute Gasteiger partial charge is 0.399 e. The molecule has 0 spiro atoms. The molecule has 2 aliphatic heterocycles. The van der Waals surface area contributed by atoms with Crippen molar-refractivity contribution in [1.29, 1.82) is 0 Å². The molecule has 1 saturated heterocycles. The maximum Gasteiger partial charge on any atom is 0.494 e. The summed E-state index contributed by atoms with van der Waals surface area (Å²) in [7, 11) is -0.460. The predicted molar refractivity (Wildman–Crippen MR) is 99.2 cm³/mol. The molecule has 0 bridgehead atoms. The van der Waals surface area contributed by atoms with E-state index in [-0.39, 0.29) is 11.9 Å². The van der Waals surface area contributed by atoms with Gasteiger partial charge in [0, 0.05) is 12.6 Å². The Bertz CT molecular complexity index is 728. The van der Waals surface area contributed by atoms with Crippen molar-refractivity contribution in [2.45, 2.75) is 71.2 Å². The van der Waals surface area contributed by atoms with Gasteiger partial charge in [0.25, 0.3) is 5.91 Å². The van der Waals surface area contributed by atoms with Crippen molar-refractivity contribution < 1.29 is 14.1 Å². The lowest BCUT2D eigenvalue weighted by atomic mass is 9.78. The van der Waals surface area contributed by atoms with Crippen LogP contribution < -0.4 is 5.46 Å². The zero-order valence-electron chi connectivity index (χ0n) is 15.6. The highest BCUT2D eigenvalue weighted by Crippen LogP contribution is 2.40. The average molecular weight is 362 g/mol. The summed E-state index contributed by atoms with van der Waals surface area (Å²) >= 11 is 6.50. The maximum absolute atomic E-state index is 12.8. The van der Waals surface area contributed by atoms with E-state index in [4.69, 9.17) is 20.9 Å². The molecule has 2 heterocycles. The van der Waals surface area contributed by atoms with Gasteiger partial charge in [0.05, 0.1) is 21.8 Å². The second kappa shape index (κ2) is 5.48.